The molecule has 2 atom stereocenters. The summed E-state index contributed by atoms with van der Waals surface area (Å²) in [7, 11) is 3.38. The third-order valence-electron chi connectivity index (χ3n) is 5.03. The number of likely N-dealkylation sites (tertiary alicyclic amines) is 2. The largest absolute Gasteiger partial charge is 0.508 e. The second-order valence-corrected chi connectivity index (χ2v) is 6.63. The summed E-state index contributed by atoms with van der Waals surface area (Å²) in [6, 6.07) is 4.64. The summed E-state index contributed by atoms with van der Waals surface area (Å²) in [4.78, 5) is 28.2. The molecule has 0 radical (unpaired) electrons. The number of amides is 2. The van der Waals surface area contributed by atoms with Crippen LogP contribution in [0, 0.1) is 5.92 Å². The van der Waals surface area contributed by atoms with Gasteiger partial charge in [0.1, 0.15) is 18.1 Å². The third-order valence-corrected chi connectivity index (χ3v) is 5.03. The number of hydrogen-bond acceptors (Lipinski definition) is 5. The van der Waals surface area contributed by atoms with E-state index in [1.54, 1.807) is 30.0 Å². The number of methoxy groups -OCH3 is 1. The summed E-state index contributed by atoms with van der Waals surface area (Å²) in [6.45, 7) is 1.92. The van der Waals surface area contributed by atoms with Crippen LogP contribution in [0.5, 0.6) is 11.5 Å². The number of fused-ring (bicyclic) bond motifs is 1. The zero-order valence-electron chi connectivity index (χ0n) is 14.6. The van der Waals surface area contributed by atoms with E-state index in [9.17, 15) is 14.7 Å². The van der Waals surface area contributed by atoms with Gasteiger partial charge in [-0.15, -0.1) is 0 Å². The molecular formula is C18H24N2O5. The Labute approximate surface area is 147 Å². The predicted octanol–water partition coefficient (Wildman–Crippen LogP) is 1.11. The van der Waals surface area contributed by atoms with E-state index in [4.69, 9.17) is 9.47 Å². The van der Waals surface area contributed by atoms with E-state index < -0.39 is 0 Å². The highest BCUT2D eigenvalue weighted by molar-refractivity contribution is 5.95. The van der Waals surface area contributed by atoms with Crippen molar-refractivity contribution < 1.29 is 24.2 Å². The Morgan fingerprint density at radius 1 is 1.32 bits per heavy atom. The van der Waals surface area contributed by atoms with Crippen molar-refractivity contribution in [3.05, 3.63) is 23.8 Å². The molecule has 0 unspecified atom stereocenters. The van der Waals surface area contributed by atoms with Crippen molar-refractivity contribution >= 4 is 11.8 Å². The Bertz CT molecular complexity index is 663. The fourth-order valence-electron chi connectivity index (χ4n) is 3.61. The zero-order valence-corrected chi connectivity index (χ0v) is 14.6. The third kappa shape index (κ3) is 3.71. The highest BCUT2D eigenvalue weighted by Crippen LogP contribution is 2.32. The van der Waals surface area contributed by atoms with Crippen LogP contribution >= 0.6 is 0 Å². The number of phenolic OH excluding ortho intramolecular Hbond substituents is 1. The first-order valence-electron chi connectivity index (χ1n) is 8.50. The molecule has 0 aliphatic carbocycles. The molecule has 0 saturated carbocycles. The molecule has 3 rings (SSSR count). The van der Waals surface area contributed by atoms with Crippen molar-refractivity contribution in [2.75, 3.05) is 40.5 Å². The Kier molecular flexibility index (Phi) is 5.13. The average Bonchev–Trinajstić information content (AvgIpc) is 2.88. The number of likely N-dealkylation sites (N-methyl/N-ethyl adjacent to an activating group) is 1. The lowest BCUT2D eigenvalue weighted by atomic mass is 9.92. The van der Waals surface area contributed by atoms with Crippen LogP contribution in [-0.4, -0.2) is 73.2 Å². The lowest BCUT2D eigenvalue weighted by Gasteiger charge is -2.37. The molecule has 2 heterocycles. The summed E-state index contributed by atoms with van der Waals surface area (Å²) < 4.78 is 10.4. The van der Waals surface area contributed by atoms with Gasteiger partial charge in [-0.2, -0.15) is 0 Å². The van der Waals surface area contributed by atoms with Crippen LogP contribution in [0.3, 0.4) is 0 Å². The minimum absolute atomic E-state index is 0.0127. The summed E-state index contributed by atoms with van der Waals surface area (Å²) in [5, 5.41) is 9.89. The summed E-state index contributed by atoms with van der Waals surface area (Å²) in [6.07, 6.45) is 1.40. The fraction of sp³-hybridized carbons (Fsp3) is 0.556. The molecule has 1 N–H and O–H groups in total. The van der Waals surface area contributed by atoms with Crippen LogP contribution in [0.1, 0.15) is 23.2 Å². The molecule has 0 bridgehead atoms. The number of phenols is 1. The number of hydrogen-bond donors (Lipinski definition) is 1. The molecule has 2 saturated heterocycles. The Balaban J connectivity index is 1.71. The van der Waals surface area contributed by atoms with Gasteiger partial charge in [0, 0.05) is 45.3 Å². The van der Waals surface area contributed by atoms with Gasteiger partial charge in [-0.05, 0) is 24.5 Å². The molecule has 1 aromatic carbocycles. The minimum Gasteiger partial charge on any atom is -0.508 e. The van der Waals surface area contributed by atoms with Gasteiger partial charge in [0.25, 0.3) is 5.91 Å². The van der Waals surface area contributed by atoms with Crippen molar-refractivity contribution in [2.24, 2.45) is 5.92 Å². The van der Waals surface area contributed by atoms with Gasteiger partial charge in [0.2, 0.25) is 5.91 Å². The average molecular weight is 348 g/mol. The molecule has 136 valence electrons. The summed E-state index contributed by atoms with van der Waals surface area (Å²) in [5.74, 6) is 0.748. The summed E-state index contributed by atoms with van der Waals surface area (Å²) >= 11 is 0. The smallest absolute Gasteiger partial charge is 0.254 e. The van der Waals surface area contributed by atoms with Crippen LogP contribution in [0.2, 0.25) is 0 Å². The van der Waals surface area contributed by atoms with E-state index in [0.717, 1.165) is 6.42 Å². The standard InChI is InChI=1S/C18H24N2O5/c1-19-16-11-20(4-3-12(16)9-17(19)22)18(23)13-7-14(21)10-15(8-13)25-6-5-24-2/h7-8,10,12,16,21H,3-6,9,11H2,1-2H3/t12-,16-/m1/s1. The molecule has 7 nitrogen and oxygen atoms in total. The van der Waals surface area contributed by atoms with Crippen LogP contribution in [-0.2, 0) is 9.53 Å². The number of benzene rings is 1. The molecule has 1 aromatic rings. The number of ether oxygens (including phenoxy) is 2. The molecule has 0 spiro atoms. The maximum Gasteiger partial charge on any atom is 0.254 e. The van der Waals surface area contributed by atoms with E-state index in [0.29, 0.717) is 50.0 Å². The molecule has 2 aliphatic heterocycles. The first-order valence-corrected chi connectivity index (χ1v) is 8.50. The predicted molar refractivity (Wildman–Crippen MR) is 90.7 cm³/mol. The van der Waals surface area contributed by atoms with Gasteiger partial charge in [-0.25, -0.2) is 0 Å². The van der Waals surface area contributed by atoms with Crippen molar-refractivity contribution in [3.8, 4) is 11.5 Å². The monoisotopic (exact) mass is 348 g/mol. The quantitative estimate of drug-likeness (QED) is 0.807. The van der Waals surface area contributed by atoms with Gasteiger partial charge in [0.05, 0.1) is 12.6 Å². The van der Waals surface area contributed by atoms with Gasteiger partial charge < -0.3 is 24.4 Å². The Morgan fingerprint density at radius 3 is 2.88 bits per heavy atom. The lowest BCUT2D eigenvalue weighted by Crippen LogP contribution is -2.49. The summed E-state index contributed by atoms with van der Waals surface area (Å²) in [5.41, 5.74) is 0.387. The molecule has 2 aliphatic rings. The van der Waals surface area contributed by atoms with Gasteiger partial charge in [0.15, 0.2) is 0 Å². The maximum atomic E-state index is 12.8. The van der Waals surface area contributed by atoms with E-state index in [-0.39, 0.29) is 23.6 Å². The highest BCUT2D eigenvalue weighted by atomic mass is 16.5. The molecule has 2 amide bonds. The molecule has 25 heavy (non-hydrogen) atoms. The number of carbonyl (C=O) groups is 2. The first kappa shape index (κ1) is 17.5. The van der Waals surface area contributed by atoms with Crippen molar-refractivity contribution in [3.63, 3.8) is 0 Å². The SMILES string of the molecule is COCCOc1cc(O)cc(C(=O)N2CC[C@@H]3CC(=O)N(C)[C@@H]3C2)c1. The van der Waals surface area contributed by atoms with E-state index in [2.05, 4.69) is 0 Å². The number of rotatable bonds is 5. The molecule has 7 heteroatoms. The zero-order chi connectivity index (χ0) is 18.0. The molecule has 2 fully saturated rings. The Morgan fingerprint density at radius 2 is 2.12 bits per heavy atom. The van der Waals surface area contributed by atoms with Gasteiger partial charge in [-0.3, -0.25) is 9.59 Å². The van der Waals surface area contributed by atoms with Crippen LogP contribution < -0.4 is 4.74 Å². The van der Waals surface area contributed by atoms with E-state index >= 15 is 0 Å². The van der Waals surface area contributed by atoms with Gasteiger partial charge in [-0.1, -0.05) is 0 Å². The van der Waals surface area contributed by atoms with E-state index in [1.165, 1.54) is 12.1 Å². The normalized spacial score (nSPS) is 22.9. The topological polar surface area (TPSA) is 79.3 Å². The number of aromatic hydroxyl groups is 1. The van der Waals surface area contributed by atoms with E-state index in [1.807, 2.05) is 0 Å². The van der Waals surface area contributed by atoms with Crippen LogP contribution in [0.25, 0.3) is 0 Å². The maximum absolute atomic E-state index is 12.8. The second-order valence-electron chi connectivity index (χ2n) is 6.63. The highest BCUT2D eigenvalue weighted by Gasteiger charge is 2.42. The first-order chi connectivity index (χ1) is 12.0. The molecular weight excluding hydrogens is 324 g/mol. The second kappa shape index (κ2) is 7.31. The minimum atomic E-state index is -0.154. The molecule has 0 aromatic heterocycles. The van der Waals surface area contributed by atoms with Crippen molar-refractivity contribution in [2.45, 2.75) is 18.9 Å². The fourth-order valence-corrected chi connectivity index (χ4v) is 3.61. The van der Waals surface area contributed by atoms with Gasteiger partial charge >= 0.3 is 0 Å². The Hall–Kier alpha value is -2.28. The van der Waals surface area contributed by atoms with Crippen molar-refractivity contribution in [1.29, 1.82) is 0 Å². The lowest BCUT2D eigenvalue weighted by molar-refractivity contribution is -0.127. The number of piperidine rings is 1. The van der Waals surface area contributed by atoms with Crippen molar-refractivity contribution in [1.82, 2.24) is 9.80 Å². The van der Waals surface area contributed by atoms with Crippen LogP contribution in [0.15, 0.2) is 18.2 Å². The number of nitrogens with zero attached hydrogens (tertiary/aromatic N) is 2. The van der Waals surface area contributed by atoms with Crippen LogP contribution in [0.4, 0.5) is 0 Å². The number of carbonyl (C=O) groups excluding carboxylic acids is 2.